The second-order valence-corrected chi connectivity index (χ2v) is 8.70. The Hall–Kier alpha value is -2.94. The Kier molecular flexibility index (Phi) is 6.69. The Morgan fingerprint density at radius 2 is 1.82 bits per heavy atom. The third-order valence-corrected chi connectivity index (χ3v) is 6.60. The maximum atomic E-state index is 13.8. The summed E-state index contributed by atoms with van der Waals surface area (Å²) in [7, 11) is 0. The maximum absolute atomic E-state index is 13.8. The smallest absolute Gasteiger partial charge is 0.254 e. The third-order valence-electron chi connectivity index (χ3n) is 6.60. The standard InChI is InChI=1S/C24H25F4N3O2/c25-14-4-6-17(19(26)9-14)24(33)30-12-15-2-1-7-31(15)23(32)11-22(29)16-5-3-13-8-20(27)21(28)10-18(13)16/h4,6,8-10,15-16,22H,1-3,5,7,11-12,29H2,(H,30,33). The van der Waals surface area contributed by atoms with Crippen LogP contribution in [0, 0.1) is 23.3 Å². The van der Waals surface area contributed by atoms with Crippen LogP contribution in [0.1, 0.15) is 53.1 Å². The quantitative estimate of drug-likeness (QED) is 0.645. The van der Waals surface area contributed by atoms with Crippen LogP contribution in [0.3, 0.4) is 0 Å². The molecule has 1 heterocycles. The summed E-state index contributed by atoms with van der Waals surface area (Å²) in [6.45, 7) is 0.644. The summed E-state index contributed by atoms with van der Waals surface area (Å²) in [6.07, 6.45) is 2.67. The summed E-state index contributed by atoms with van der Waals surface area (Å²) in [5.41, 5.74) is 7.42. The van der Waals surface area contributed by atoms with E-state index < -0.39 is 35.2 Å². The number of fused-ring (bicyclic) bond motifs is 1. The van der Waals surface area contributed by atoms with Gasteiger partial charge in [0.1, 0.15) is 11.6 Å². The lowest BCUT2D eigenvalue weighted by Gasteiger charge is -2.28. The molecule has 2 aliphatic rings. The molecule has 0 spiro atoms. The van der Waals surface area contributed by atoms with Crippen molar-refractivity contribution in [3.63, 3.8) is 0 Å². The summed E-state index contributed by atoms with van der Waals surface area (Å²) in [6, 6.07) is 4.28. The van der Waals surface area contributed by atoms with Crippen LogP contribution in [-0.4, -0.2) is 41.9 Å². The van der Waals surface area contributed by atoms with Gasteiger partial charge in [-0.25, -0.2) is 17.6 Å². The Morgan fingerprint density at radius 3 is 2.58 bits per heavy atom. The van der Waals surface area contributed by atoms with E-state index in [1.165, 1.54) is 12.1 Å². The fourth-order valence-corrected chi connectivity index (χ4v) is 4.89. The first-order valence-corrected chi connectivity index (χ1v) is 11.0. The van der Waals surface area contributed by atoms with E-state index in [2.05, 4.69) is 5.32 Å². The normalized spacial score (nSPS) is 20.6. The number of carbonyl (C=O) groups is 2. The monoisotopic (exact) mass is 463 g/mol. The number of hydrogen-bond donors (Lipinski definition) is 2. The highest BCUT2D eigenvalue weighted by Crippen LogP contribution is 2.37. The number of aryl methyl sites for hydroxylation is 1. The van der Waals surface area contributed by atoms with Crippen molar-refractivity contribution in [3.8, 4) is 0 Å². The minimum absolute atomic E-state index is 0.0418. The molecular formula is C24H25F4N3O2. The number of nitrogens with two attached hydrogens (primary N) is 1. The first kappa shape index (κ1) is 23.2. The molecule has 4 rings (SSSR count). The molecule has 1 saturated heterocycles. The fourth-order valence-electron chi connectivity index (χ4n) is 4.89. The molecule has 9 heteroatoms. The van der Waals surface area contributed by atoms with Crippen LogP contribution in [0.25, 0.3) is 0 Å². The van der Waals surface area contributed by atoms with Gasteiger partial charge in [-0.3, -0.25) is 9.59 Å². The highest BCUT2D eigenvalue weighted by atomic mass is 19.2. The molecule has 1 aliphatic heterocycles. The number of carbonyl (C=O) groups excluding carboxylic acids is 2. The van der Waals surface area contributed by atoms with Crippen molar-refractivity contribution < 1.29 is 27.2 Å². The first-order valence-electron chi connectivity index (χ1n) is 11.0. The Balaban J connectivity index is 1.35. The number of benzene rings is 2. The summed E-state index contributed by atoms with van der Waals surface area (Å²) >= 11 is 0. The van der Waals surface area contributed by atoms with E-state index in [1.807, 2.05) is 0 Å². The molecule has 1 aliphatic carbocycles. The third kappa shape index (κ3) is 4.88. The SMILES string of the molecule is NC(CC(=O)N1CCCC1CNC(=O)c1ccc(F)cc1F)C1CCc2cc(F)c(F)cc21. The molecule has 2 aromatic carbocycles. The van der Waals surface area contributed by atoms with Crippen LogP contribution in [0.15, 0.2) is 30.3 Å². The number of nitrogens with one attached hydrogen (secondary N) is 1. The zero-order valence-electron chi connectivity index (χ0n) is 17.9. The second-order valence-electron chi connectivity index (χ2n) is 8.70. The summed E-state index contributed by atoms with van der Waals surface area (Å²) in [5.74, 6) is -4.63. The molecule has 2 amide bonds. The zero-order valence-corrected chi connectivity index (χ0v) is 17.9. The molecular weight excluding hydrogens is 438 g/mol. The lowest BCUT2D eigenvalue weighted by Crippen LogP contribution is -2.45. The van der Waals surface area contributed by atoms with Gasteiger partial charge in [-0.2, -0.15) is 0 Å². The largest absolute Gasteiger partial charge is 0.350 e. The van der Waals surface area contributed by atoms with Gasteiger partial charge >= 0.3 is 0 Å². The summed E-state index contributed by atoms with van der Waals surface area (Å²) in [5, 5.41) is 2.62. The van der Waals surface area contributed by atoms with Crippen molar-refractivity contribution in [1.29, 1.82) is 0 Å². The molecule has 1 fully saturated rings. The van der Waals surface area contributed by atoms with E-state index in [9.17, 15) is 27.2 Å². The van der Waals surface area contributed by atoms with Crippen LogP contribution in [-0.2, 0) is 11.2 Å². The van der Waals surface area contributed by atoms with E-state index in [4.69, 9.17) is 5.73 Å². The topological polar surface area (TPSA) is 75.4 Å². The molecule has 3 atom stereocenters. The highest BCUT2D eigenvalue weighted by Gasteiger charge is 2.34. The number of likely N-dealkylation sites (tertiary alicyclic amines) is 1. The van der Waals surface area contributed by atoms with E-state index >= 15 is 0 Å². The second kappa shape index (κ2) is 9.51. The van der Waals surface area contributed by atoms with Gasteiger partial charge in [-0.1, -0.05) is 0 Å². The predicted molar refractivity (Wildman–Crippen MR) is 113 cm³/mol. The molecule has 3 unspecified atom stereocenters. The summed E-state index contributed by atoms with van der Waals surface area (Å²) < 4.78 is 54.1. The number of amides is 2. The number of nitrogens with zero attached hydrogens (tertiary/aromatic N) is 1. The van der Waals surface area contributed by atoms with E-state index in [0.29, 0.717) is 37.4 Å². The van der Waals surface area contributed by atoms with Gasteiger partial charge in [0.15, 0.2) is 11.6 Å². The lowest BCUT2D eigenvalue weighted by molar-refractivity contribution is -0.132. The van der Waals surface area contributed by atoms with Crippen LogP contribution >= 0.6 is 0 Å². The minimum atomic E-state index is -0.953. The number of halogens is 4. The van der Waals surface area contributed by atoms with Crippen LogP contribution in [0.2, 0.25) is 0 Å². The molecule has 0 aromatic heterocycles. The highest BCUT2D eigenvalue weighted by molar-refractivity contribution is 5.94. The molecule has 2 aromatic rings. The van der Waals surface area contributed by atoms with Gasteiger partial charge < -0.3 is 16.0 Å². The maximum Gasteiger partial charge on any atom is 0.254 e. The van der Waals surface area contributed by atoms with Crippen LogP contribution in [0.4, 0.5) is 17.6 Å². The molecule has 176 valence electrons. The lowest BCUT2D eigenvalue weighted by atomic mass is 9.91. The van der Waals surface area contributed by atoms with Gasteiger partial charge in [-0.15, -0.1) is 0 Å². The van der Waals surface area contributed by atoms with Gasteiger partial charge in [-0.05, 0) is 61.1 Å². The van der Waals surface area contributed by atoms with E-state index in [-0.39, 0.29) is 36.4 Å². The van der Waals surface area contributed by atoms with Gasteiger partial charge in [0.05, 0.1) is 5.56 Å². The fraction of sp³-hybridized carbons (Fsp3) is 0.417. The molecule has 0 radical (unpaired) electrons. The van der Waals surface area contributed by atoms with E-state index in [1.54, 1.807) is 4.90 Å². The zero-order chi connectivity index (χ0) is 23.7. The molecule has 3 N–H and O–H groups in total. The van der Waals surface area contributed by atoms with E-state index in [0.717, 1.165) is 24.1 Å². The predicted octanol–water partition coefficient (Wildman–Crippen LogP) is 3.41. The molecule has 0 saturated carbocycles. The molecule has 0 bridgehead atoms. The Bertz CT molecular complexity index is 1080. The Morgan fingerprint density at radius 1 is 1.06 bits per heavy atom. The van der Waals surface area contributed by atoms with Crippen molar-refractivity contribution in [2.24, 2.45) is 5.73 Å². The van der Waals surface area contributed by atoms with Crippen molar-refractivity contribution in [3.05, 3.63) is 70.3 Å². The van der Waals surface area contributed by atoms with Crippen molar-refractivity contribution in [2.75, 3.05) is 13.1 Å². The molecule has 5 nitrogen and oxygen atoms in total. The van der Waals surface area contributed by atoms with Crippen LogP contribution < -0.4 is 11.1 Å². The molecule has 33 heavy (non-hydrogen) atoms. The van der Waals surface area contributed by atoms with Gasteiger partial charge in [0, 0.05) is 43.6 Å². The van der Waals surface area contributed by atoms with Crippen molar-refractivity contribution in [2.45, 2.75) is 50.1 Å². The summed E-state index contributed by atoms with van der Waals surface area (Å²) in [4.78, 5) is 26.9. The average Bonchev–Trinajstić information content (AvgIpc) is 3.39. The minimum Gasteiger partial charge on any atom is -0.350 e. The van der Waals surface area contributed by atoms with Gasteiger partial charge in [0.2, 0.25) is 5.91 Å². The average molecular weight is 463 g/mol. The number of hydrogen-bond acceptors (Lipinski definition) is 3. The Labute approximate surface area is 188 Å². The van der Waals surface area contributed by atoms with Gasteiger partial charge in [0.25, 0.3) is 5.91 Å². The number of rotatable bonds is 6. The van der Waals surface area contributed by atoms with Crippen molar-refractivity contribution in [1.82, 2.24) is 10.2 Å². The van der Waals surface area contributed by atoms with Crippen molar-refractivity contribution >= 4 is 11.8 Å². The first-order chi connectivity index (χ1) is 15.7. The van der Waals surface area contributed by atoms with Crippen LogP contribution in [0.5, 0.6) is 0 Å².